The third-order valence-corrected chi connectivity index (χ3v) is 4.55. The first-order valence-corrected chi connectivity index (χ1v) is 7.83. The van der Waals surface area contributed by atoms with Crippen LogP contribution in [0.2, 0.25) is 0 Å². The van der Waals surface area contributed by atoms with Crippen molar-refractivity contribution in [2.75, 3.05) is 0 Å². The molecular formula is C15H12BrFN2S. The van der Waals surface area contributed by atoms with Gasteiger partial charge in [-0.05, 0) is 47.2 Å². The van der Waals surface area contributed by atoms with E-state index in [4.69, 9.17) is 5.73 Å². The molecule has 0 saturated carbocycles. The van der Waals surface area contributed by atoms with Gasteiger partial charge >= 0.3 is 0 Å². The number of rotatable bonds is 3. The molecule has 0 aliphatic carbocycles. The fourth-order valence-electron chi connectivity index (χ4n) is 2.11. The van der Waals surface area contributed by atoms with Crippen LogP contribution in [0.25, 0.3) is 10.2 Å². The molecule has 3 aromatic rings. The molecule has 0 radical (unpaired) electrons. The number of nitrogens with zero attached hydrogens (tertiary/aromatic N) is 1. The largest absolute Gasteiger partial charge is 0.324 e. The minimum atomic E-state index is -0.260. The molecule has 2 aromatic heterocycles. The van der Waals surface area contributed by atoms with E-state index in [9.17, 15) is 4.39 Å². The summed E-state index contributed by atoms with van der Waals surface area (Å²) in [6, 6.07) is 8.80. The number of hydrogen-bond acceptors (Lipinski definition) is 3. The average molecular weight is 351 g/mol. The lowest BCUT2D eigenvalue weighted by molar-refractivity contribution is 0.592. The summed E-state index contributed by atoms with van der Waals surface area (Å²) in [4.78, 5) is 4.37. The lowest BCUT2D eigenvalue weighted by Gasteiger charge is -2.12. The van der Waals surface area contributed by atoms with Gasteiger partial charge in [-0.15, -0.1) is 11.3 Å². The Labute approximate surface area is 128 Å². The minimum absolute atomic E-state index is 0.236. The molecule has 0 fully saturated rings. The standard InChI is InChI=1S/C15H12BrFN2S/c16-11-2-1-9(12(17)7-11)5-13(18)10-6-15-14(19-8-10)3-4-20-15/h1-4,6-8,13H,5,18H2. The predicted molar refractivity (Wildman–Crippen MR) is 84.4 cm³/mol. The third kappa shape index (κ3) is 2.75. The summed E-state index contributed by atoms with van der Waals surface area (Å²) >= 11 is 4.88. The number of pyridine rings is 1. The fourth-order valence-corrected chi connectivity index (χ4v) is 3.23. The Balaban J connectivity index is 1.86. The molecule has 0 amide bonds. The molecule has 0 saturated heterocycles. The monoisotopic (exact) mass is 350 g/mol. The first kappa shape index (κ1) is 13.7. The molecule has 0 spiro atoms. The SMILES string of the molecule is NC(Cc1ccc(Br)cc1F)c1cnc2ccsc2c1. The number of thiophene rings is 1. The van der Waals surface area contributed by atoms with Crippen LogP contribution >= 0.6 is 27.3 Å². The Bertz CT molecular complexity index is 756. The van der Waals surface area contributed by atoms with E-state index in [2.05, 4.69) is 20.9 Å². The van der Waals surface area contributed by atoms with Gasteiger partial charge in [0.15, 0.2) is 0 Å². The van der Waals surface area contributed by atoms with Crippen molar-refractivity contribution in [1.29, 1.82) is 0 Å². The number of nitrogens with two attached hydrogens (primary N) is 1. The molecule has 1 aromatic carbocycles. The van der Waals surface area contributed by atoms with Crippen molar-refractivity contribution in [2.24, 2.45) is 5.73 Å². The number of halogens is 2. The van der Waals surface area contributed by atoms with Crippen molar-refractivity contribution in [3.63, 3.8) is 0 Å². The van der Waals surface area contributed by atoms with Crippen molar-refractivity contribution in [1.82, 2.24) is 4.98 Å². The summed E-state index contributed by atoms with van der Waals surface area (Å²) < 4.78 is 15.7. The molecule has 2 N–H and O–H groups in total. The average Bonchev–Trinajstić information content (AvgIpc) is 2.89. The second kappa shape index (κ2) is 5.60. The predicted octanol–water partition coefficient (Wildman–Crippen LogP) is 4.44. The Morgan fingerprint density at radius 1 is 1.30 bits per heavy atom. The van der Waals surface area contributed by atoms with Crippen molar-refractivity contribution < 1.29 is 4.39 Å². The summed E-state index contributed by atoms with van der Waals surface area (Å²) in [5, 5.41) is 2.00. The molecular weight excluding hydrogens is 339 g/mol. The highest BCUT2D eigenvalue weighted by molar-refractivity contribution is 9.10. The lowest BCUT2D eigenvalue weighted by atomic mass is 10.0. The molecule has 2 nitrogen and oxygen atoms in total. The van der Waals surface area contributed by atoms with E-state index in [0.29, 0.717) is 12.0 Å². The maximum Gasteiger partial charge on any atom is 0.127 e. The van der Waals surface area contributed by atoms with E-state index >= 15 is 0 Å². The molecule has 0 aliphatic heterocycles. The zero-order valence-corrected chi connectivity index (χ0v) is 12.9. The van der Waals surface area contributed by atoms with Gasteiger partial charge in [0, 0.05) is 16.7 Å². The molecule has 5 heteroatoms. The second-order valence-corrected chi connectivity index (χ2v) is 6.48. The van der Waals surface area contributed by atoms with E-state index in [1.165, 1.54) is 6.07 Å². The Morgan fingerprint density at radius 3 is 2.95 bits per heavy atom. The van der Waals surface area contributed by atoms with Crippen LogP contribution in [0, 0.1) is 5.82 Å². The minimum Gasteiger partial charge on any atom is -0.324 e. The molecule has 1 unspecified atom stereocenters. The van der Waals surface area contributed by atoms with Gasteiger partial charge in [-0.2, -0.15) is 0 Å². The molecule has 0 aliphatic rings. The first-order valence-electron chi connectivity index (χ1n) is 6.16. The van der Waals surface area contributed by atoms with Gasteiger partial charge in [0.1, 0.15) is 5.82 Å². The van der Waals surface area contributed by atoms with Crippen molar-refractivity contribution in [2.45, 2.75) is 12.5 Å². The highest BCUT2D eigenvalue weighted by Crippen LogP contribution is 2.25. The van der Waals surface area contributed by atoms with Crippen LogP contribution in [-0.4, -0.2) is 4.98 Å². The van der Waals surface area contributed by atoms with Crippen LogP contribution in [0.1, 0.15) is 17.2 Å². The summed E-state index contributed by atoms with van der Waals surface area (Å²) in [7, 11) is 0. The van der Waals surface area contributed by atoms with Crippen LogP contribution < -0.4 is 5.73 Å². The van der Waals surface area contributed by atoms with Crippen LogP contribution in [-0.2, 0) is 6.42 Å². The van der Waals surface area contributed by atoms with Gasteiger partial charge in [0.05, 0.1) is 10.2 Å². The number of aromatic nitrogens is 1. The maximum absolute atomic E-state index is 13.8. The first-order chi connectivity index (χ1) is 9.63. The van der Waals surface area contributed by atoms with E-state index < -0.39 is 0 Å². The van der Waals surface area contributed by atoms with E-state index in [1.54, 1.807) is 23.6 Å². The fraction of sp³-hybridized carbons (Fsp3) is 0.133. The quantitative estimate of drug-likeness (QED) is 0.758. The highest BCUT2D eigenvalue weighted by Gasteiger charge is 2.12. The number of benzene rings is 1. The van der Waals surface area contributed by atoms with E-state index in [1.807, 2.05) is 23.6 Å². The van der Waals surface area contributed by atoms with Crippen LogP contribution in [0.3, 0.4) is 0 Å². The zero-order valence-electron chi connectivity index (χ0n) is 10.5. The smallest absolute Gasteiger partial charge is 0.127 e. The highest BCUT2D eigenvalue weighted by atomic mass is 79.9. The summed E-state index contributed by atoms with van der Waals surface area (Å²) in [5.74, 6) is -0.236. The van der Waals surface area contributed by atoms with Gasteiger partial charge < -0.3 is 5.73 Å². The topological polar surface area (TPSA) is 38.9 Å². The van der Waals surface area contributed by atoms with Crippen LogP contribution in [0.15, 0.2) is 46.4 Å². The lowest BCUT2D eigenvalue weighted by Crippen LogP contribution is -2.14. The van der Waals surface area contributed by atoms with Gasteiger partial charge in [0.25, 0.3) is 0 Å². The van der Waals surface area contributed by atoms with Gasteiger partial charge in [-0.3, -0.25) is 4.98 Å². The molecule has 2 heterocycles. The van der Waals surface area contributed by atoms with Gasteiger partial charge in [-0.25, -0.2) is 4.39 Å². The summed E-state index contributed by atoms with van der Waals surface area (Å²) in [6.07, 6.45) is 2.23. The van der Waals surface area contributed by atoms with Crippen LogP contribution in [0.5, 0.6) is 0 Å². The Morgan fingerprint density at radius 2 is 2.15 bits per heavy atom. The summed E-state index contributed by atoms with van der Waals surface area (Å²) in [5.41, 5.74) is 8.70. The van der Waals surface area contributed by atoms with Crippen molar-refractivity contribution >= 4 is 37.5 Å². The number of fused-ring (bicyclic) bond motifs is 1. The van der Waals surface area contributed by atoms with Gasteiger partial charge in [-0.1, -0.05) is 22.0 Å². The Kier molecular flexibility index (Phi) is 3.83. The van der Waals surface area contributed by atoms with E-state index in [0.717, 1.165) is 20.3 Å². The number of hydrogen-bond donors (Lipinski definition) is 1. The molecule has 1 atom stereocenters. The maximum atomic E-state index is 13.8. The molecule has 102 valence electrons. The normalized spacial score (nSPS) is 12.8. The second-order valence-electron chi connectivity index (χ2n) is 4.62. The van der Waals surface area contributed by atoms with Crippen molar-refractivity contribution in [3.05, 3.63) is 63.3 Å². The van der Waals surface area contributed by atoms with Crippen LogP contribution in [0.4, 0.5) is 4.39 Å². The molecule has 20 heavy (non-hydrogen) atoms. The van der Waals surface area contributed by atoms with Gasteiger partial charge in [0.2, 0.25) is 0 Å². The zero-order chi connectivity index (χ0) is 14.1. The molecule has 0 bridgehead atoms. The summed E-state index contributed by atoms with van der Waals surface area (Å²) in [6.45, 7) is 0. The van der Waals surface area contributed by atoms with E-state index in [-0.39, 0.29) is 11.9 Å². The third-order valence-electron chi connectivity index (χ3n) is 3.21. The molecule has 3 rings (SSSR count). The Hall–Kier alpha value is -1.30. The van der Waals surface area contributed by atoms with Crippen molar-refractivity contribution in [3.8, 4) is 0 Å².